The molecule has 1 aromatic rings. The molecule has 16 heavy (non-hydrogen) atoms. The van der Waals surface area contributed by atoms with E-state index in [1.165, 1.54) is 12.8 Å². The van der Waals surface area contributed by atoms with E-state index >= 15 is 0 Å². The average Bonchev–Trinajstić information content (AvgIpc) is 2.91. The molecule has 0 amide bonds. The third-order valence-electron chi connectivity index (χ3n) is 4.11. The largest absolute Gasteiger partial charge is 0.396 e. The van der Waals surface area contributed by atoms with Crippen LogP contribution in [0, 0.1) is 12.3 Å². The van der Waals surface area contributed by atoms with E-state index in [9.17, 15) is 5.11 Å². The molecule has 1 atom stereocenters. The number of nitrogens with two attached hydrogens (primary N) is 1. The average molecular weight is 223 g/mol. The van der Waals surface area contributed by atoms with Crippen molar-refractivity contribution in [3.8, 4) is 0 Å². The minimum absolute atomic E-state index is 0.0218. The highest BCUT2D eigenvalue weighted by Crippen LogP contribution is 2.48. The Morgan fingerprint density at radius 3 is 2.69 bits per heavy atom. The number of aryl methyl sites for hydroxylation is 1. The normalized spacial score (nSPS) is 21.2. The van der Waals surface area contributed by atoms with Crippen molar-refractivity contribution in [1.82, 2.24) is 10.2 Å². The fourth-order valence-corrected chi connectivity index (χ4v) is 3.08. The van der Waals surface area contributed by atoms with Crippen molar-refractivity contribution in [2.45, 2.75) is 38.5 Å². The number of hydrogen-bond acceptors (Lipinski definition) is 3. The van der Waals surface area contributed by atoms with E-state index in [1.54, 1.807) is 0 Å². The lowest BCUT2D eigenvalue weighted by atomic mass is 9.72. The summed E-state index contributed by atoms with van der Waals surface area (Å²) in [5.41, 5.74) is 8.15. The van der Waals surface area contributed by atoms with Crippen LogP contribution in [0.2, 0.25) is 0 Å². The van der Waals surface area contributed by atoms with Crippen LogP contribution < -0.4 is 5.73 Å². The molecule has 0 bridgehead atoms. The van der Waals surface area contributed by atoms with E-state index in [2.05, 4.69) is 10.2 Å². The molecule has 4 heteroatoms. The van der Waals surface area contributed by atoms with Gasteiger partial charge in [-0.1, -0.05) is 12.8 Å². The molecule has 0 spiro atoms. The van der Waals surface area contributed by atoms with Crippen LogP contribution in [0.4, 0.5) is 0 Å². The molecule has 1 aliphatic carbocycles. The van der Waals surface area contributed by atoms with Gasteiger partial charge in [-0.15, -0.1) is 0 Å². The van der Waals surface area contributed by atoms with Gasteiger partial charge in [0.15, 0.2) is 0 Å². The quantitative estimate of drug-likeness (QED) is 0.720. The molecule has 1 saturated carbocycles. The first-order valence-electron chi connectivity index (χ1n) is 6.04. The molecule has 4 nitrogen and oxygen atoms in total. The van der Waals surface area contributed by atoms with E-state index in [4.69, 9.17) is 5.73 Å². The van der Waals surface area contributed by atoms with Crippen LogP contribution >= 0.6 is 0 Å². The van der Waals surface area contributed by atoms with E-state index in [0.717, 1.165) is 24.1 Å². The molecule has 1 fully saturated rings. The number of aliphatic hydroxyl groups excluding tert-OH is 1. The van der Waals surface area contributed by atoms with Gasteiger partial charge >= 0.3 is 0 Å². The van der Waals surface area contributed by atoms with Gasteiger partial charge in [0.1, 0.15) is 0 Å². The first-order chi connectivity index (χ1) is 7.73. The van der Waals surface area contributed by atoms with Gasteiger partial charge in [0.05, 0.1) is 6.20 Å². The third-order valence-corrected chi connectivity index (χ3v) is 4.11. The Balaban J connectivity index is 2.31. The summed E-state index contributed by atoms with van der Waals surface area (Å²) in [7, 11) is 0. The summed E-state index contributed by atoms with van der Waals surface area (Å²) < 4.78 is 0. The molecule has 1 heterocycles. The van der Waals surface area contributed by atoms with Crippen LogP contribution in [0.25, 0.3) is 0 Å². The van der Waals surface area contributed by atoms with Crippen LogP contribution in [0.15, 0.2) is 6.20 Å². The van der Waals surface area contributed by atoms with Crippen molar-refractivity contribution < 1.29 is 5.11 Å². The highest BCUT2D eigenvalue weighted by molar-refractivity contribution is 5.22. The topological polar surface area (TPSA) is 74.9 Å². The molecule has 1 aromatic heterocycles. The molecule has 0 radical (unpaired) electrons. The van der Waals surface area contributed by atoms with Gasteiger partial charge < -0.3 is 10.8 Å². The van der Waals surface area contributed by atoms with E-state index in [-0.39, 0.29) is 17.9 Å². The number of aromatic amines is 1. The summed E-state index contributed by atoms with van der Waals surface area (Å²) in [6, 6.07) is 0. The highest BCUT2D eigenvalue weighted by atomic mass is 16.3. The Labute approximate surface area is 96.2 Å². The maximum Gasteiger partial charge on any atom is 0.0519 e. The van der Waals surface area contributed by atoms with Crippen molar-refractivity contribution in [2.75, 3.05) is 13.2 Å². The molecule has 90 valence electrons. The van der Waals surface area contributed by atoms with Crippen molar-refractivity contribution >= 4 is 0 Å². The number of H-pyrrole nitrogens is 1. The van der Waals surface area contributed by atoms with Gasteiger partial charge in [-0.3, -0.25) is 5.10 Å². The van der Waals surface area contributed by atoms with Crippen molar-refractivity contribution in [2.24, 2.45) is 11.1 Å². The van der Waals surface area contributed by atoms with Crippen molar-refractivity contribution in [1.29, 1.82) is 0 Å². The minimum atomic E-state index is -0.0218. The molecule has 1 unspecified atom stereocenters. The van der Waals surface area contributed by atoms with Gasteiger partial charge in [0.2, 0.25) is 0 Å². The predicted octanol–water partition coefficient (Wildman–Crippen LogP) is 1.31. The van der Waals surface area contributed by atoms with Crippen LogP contribution in [0.3, 0.4) is 0 Å². The minimum Gasteiger partial charge on any atom is -0.396 e. The zero-order chi connectivity index (χ0) is 11.6. The number of aliphatic hydroxyl groups is 1. The SMILES string of the molecule is Cc1cn[nH]c1C(CN)C1(CO)CCCC1. The zero-order valence-electron chi connectivity index (χ0n) is 9.87. The number of hydrogen-bond donors (Lipinski definition) is 3. The first-order valence-corrected chi connectivity index (χ1v) is 6.04. The molecular formula is C12H21N3O. The standard InChI is InChI=1S/C12H21N3O/c1-9-7-14-15-11(9)10(6-13)12(8-16)4-2-3-5-12/h7,10,16H,2-6,8,13H2,1H3,(H,14,15). The summed E-state index contributed by atoms with van der Waals surface area (Å²) in [5, 5.41) is 16.8. The smallest absolute Gasteiger partial charge is 0.0519 e. The fourth-order valence-electron chi connectivity index (χ4n) is 3.08. The summed E-state index contributed by atoms with van der Waals surface area (Å²) >= 11 is 0. The maximum atomic E-state index is 9.72. The maximum absolute atomic E-state index is 9.72. The lowest BCUT2D eigenvalue weighted by Crippen LogP contribution is -2.35. The van der Waals surface area contributed by atoms with Crippen LogP contribution in [0.5, 0.6) is 0 Å². The number of nitrogens with zero attached hydrogens (tertiary/aromatic N) is 1. The molecule has 0 aromatic carbocycles. The first kappa shape index (κ1) is 11.6. The Hall–Kier alpha value is -0.870. The number of nitrogens with one attached hydrogen (secondary N) is 1. The third kappa shape index (κ3) is 1.76. The fraction of sp³-hybridized carbons (Fsp3) is 0.750. The van der Waals surface area contributed by atoms with Gasteiger partial charge in [0, 0.05) is 30.2 Å². The highest BCUT2D eigenvalue weighted by Gasteiger charge is 2.42. The summed E-state index contributed by atoms with van der Waals surface area (Å²) in [5.74, 6) is 0.211. The molecule has 4 N–H and O–H groups in total. The molecule has 2 rings (SSSR count). The second-order valence-electron chi connectivity index (χ2n) is 4.98. The molecule has 0 saturated heterocycles. The second-order valence-corrected chi connectivity index (χ2v) is 4.98. The predicted molar refractivity (Wildman–Crippen MR) is 63.1 cm³/mol. The summed E-state index contributed by atoms with van der Waals surface area (Å²) in [4.78, 5) is 0. The van der Waals surface area contributed by atoms with Crippen LogP contribution in [-0.4, -0.2) is 28.5 Å². The monoisotopic (exact) mass is 223 g/mol. The van der Waals surface area contributed by atoms with Crippen LogP contribution in [-0.2, 0) is 0 Å². The Morgan fingerprint density at radius 2 is 2.25 bits per heavy atom. The van der Waals surface area contributed by atoms with Crippen LogP contribution in [0.1, 0.15) is 42.9 Å². The van der Waals surface area contributed by atoms with E-state index in [1.807, 2.05) is 13.1 Å². The van der Waals surface area contributed by atoms with Gasteiger partial charge in [0.25, 0.3) is 0 Å². The molecule has 0 aliphatic heterocycles. The number of rotatable bonds is 4. The van der Waals surface area contributed by atoms with E-state index < -0.39 is 0 Å². The molecule has 1 aliphatic rings. The lowest BCUT2D eigenvalue weighted by Gasteiger charge is -2.35. The Morgan fingerprint density at radius 1 is 1.56 bits per heavy atom. The summed E-state index contributed by atoms with van der Waals surface area (Å²) in [6.07, 6.45) is 6.38. The molecular weight excluding hydrogens is 202 g/mol. The van der Waals surface area contributed by atoms with Gasteiger partial charge in [-0.25, -0.2) is 0 Å². The number of aromatic nitrogens is 2. The van der Waals surface area contributed by atoms with Crippen molar-refractivity contribution in [3.63, 3.8) is 0 Å². The summed E-state index contributed by atoms with van der Waals surface area (Å²) in [6.45, 7) is 2.85. The Kier molecular flexibility index (Phi) is 3.30. The zero-order valence-corrected chi connectivity index (χ0v) is 9.87. The van der Waals surface area contributed by atoms with Crippen molar-refractivity contribution in [3.05, 3.63) is 17.5 Å². The Bertz CT molecular complexity index is 342. The van der Waals surface area contributed by atoms with Gasteiger partial charge in [-0.05, 0) is 25.3 Å². The van der Waals surface area contributed by atoms with E-state index in [0.29, 0.717) is 6.54 Å². The lowest BCUT2D eigenvalue weighted by molar-refractivity contribution is 0.101. The second kappa shape index (κ2) is 4.55. The van der Waals surface area contributed by atoms with Gasteiger partial charge in [-0.2, -0.15) is 5.10 Å².